The number of rotatable bonds is 4. The van der Waals surface area contributed by atoms with Gasteiger partial charge in [-0.05, 0) is 39.8 Å². The summed E-state index contributed by atoms with van der Waals surface area (Å²) in [4.78, 5) is 0. The fraction of sp³-hybridized carbons (Fsp3) is 0.538. The minimum Gasteiger partial charge on any atom is -0.492 e. The average Bonchev–Trinajstić information content (AvgIpc) is 2.22. The molecule has 2 N–H and O–H groups in total. The van der Waals surface area contributed by atoms with Crippen molar-refractivity contribution in [3.8, 4) is 5.75 Å². The van der Waals surface area contributed by atoms with Gasteiger partial charge in [-0.25, -0.2) is 8.42 Å². The molecule has 0 spiro atoms. The lowest BCUT2D eigenvalue weighted by molar-refractivity contribution is 0.337. The van der Waals surface area contributed by atoms with Gasteiger partial charge in [0.25, 0.3) is 0 Å². The SMILES string of the molecule is Cc1c(N)cccc1OCCS(=O)(=O)C(C)(C)C. The number of nitrogen functional groups attached to an aromatic ring is 1. The van der Waals surface area contributed by atoms with Crippen LogP contribution in [-0.2, 0) is 9.84 Å². The summed E-state index contributed by atoms with van der Waals surface area (Å²) in [7, 11) is -3.15. The third-order valence-corrected chi connectivity index (χ3v) is 5.44. The van der Waals surface area contributed by atoms with E-state index in [0.29, 0.717) is 11.4 Å². The highest BCUT2D eigenvalue weighted by molar-refractivity contribution is 7.92. The molecule has 1 aromatic carbocycles. The Labute approximate surface area is 109 Å². The fourth-order valence-electron chi connectivity index (χ4n) is 1.36. The predicted molar refractivity (Wildman–Crippen MR) is 74.6 cm³/mol. The molecule has 0 saturated carbocycles. The van der Waals surface area contributed by atoms with Crippen molar-refractivity contribution in [1.82, 2.24) is 0 Å². The molecule has 0 fully saturated rings. The molecule has 0 atom stereocenters. The topological polar surface area (TPSA) is 69.4 Å². The number of hydrogen-bond acceptors (Lipinski definition) is 4. The minimum absolute atomic E-state index is 0.00470. The van der Waals surface area contributed by atoms with Gasteiger partial charge in [0.15, 0.2) is 9.84 Å². The first-order chi connectivity index (χ1) is 8.15. The summed E-state index contributed by atoms with van der Waals surface area (Å²) >= 11 is 0. The molecule has 1 rings (SSSR count). The molecule has 102 valence electrons. The van der Waals surface area contributed by atoms with Crippen LogP contribution in [0.4, 0.5) is 5.69 Å². The summed E-state index contributed by atoms with van der Waals surface area (Å²) in [5.41, 5.74) is 7.23. The van der Waals surface area contributed by atoms with Gasteiger partial charge in [-0.3, -0.25) is 0 Å². The second-order valence-electron chi connectivity index (χ2n) is 5.25. The first-order valence-corrected chi connectivity index (χ1v) is 7.50. The average molecular weight is 271 g/mol. The molecule has 0 saturated heterocycles. The second kappa shape index (κ2) is 5.18. The van der Waals surface area contributed by atoms with E-state index in [1.165, 1.54) is 0 Å². The van der Waals surface area contributed by atoms with E-state index in [1.807, 2.05) is 6.92 Å². The quantitative estimate of drug-likeness (QED) is 0.852. The van der Waals surface area contributed by atoms with E-state index in [9.17, 15) is 8.42 Å². The molecule has 0 heterocycles. The number of anilines is 1. The van der Waals surface area contributed by atoms with Gasteiger partial charge in [0.1, 0.15) is 12.4 Å². The van der Waals surface area contributed by atoms with Gasteiger partial charge in [0.2, 0.25) is 0 Å². The zero-order valence-electron chi connectivity index (χ0n) is 11.4. The van der Waals surface area contributed by atoms with Crippen LogP contribution in [0.5, 0.6) is 5.75 Å². The highest BCUT2D eigenvalue weighted by Crippen LogP contribution is 2.23. The van der Waals surface area contributed by atoms with Crippen molar-refractivity contribution in [3.05, 3.63) is 23.8 Å². The molecule has 0 aliphatic carbocycles. The van der Waals surface area contributed by atoms with Crippen LogP contribution in [0.3, 0.4) is 0 Å². The molecule has 0 radical (unpaired) electrons. The zero-order valence-corrected chi connectivity index (χ0v) is 12.2. The highest BCUT2D eigenvalue weighted by Gasteiger charge is 2.28. The maximum atomic E-state index is 11.9. The highest BCUT2D eigenvalue weighted by atomic mass is 32.2. The van der Waals surface area contributed by atoms with Crippen LogP contribution in [0.15, 0.2) is 18.2 Å². The van der Waals surface area contributed by atoms with Crippen molar-refractivity contribution in [2.75, 3.05) is 18.1 Å². The Morgan fingerprint density at radius 3 is 2.44 bits per heavy atom. The largest absolute Gasteiger partial charge is 0.492 e. The summed E-state index contributed by atoms with van der Waals surface area (Å²) in [6.07, 6.45) is 0. The Kier molecular flexibility index (Phi) is 4.27. The van der Waals surface area contributed by atoms with E-state index in [0.717, 1.165) is 5.56 Å². The van der Waals surface area contributed by atoms with E-state index in [-0.39, 0.29) is 12.4 Å². The third-order valence-electron chi connectivity index (χ3n) is 2.87. The molecule has 0 bridgehead atoms. The summed E-state index contributed by atoms with van der Waals surface area (Å²) < 4.78 is 28.5. The molecule has 0 aromatic heterocycles. The van der Waals surface area contributed by atoms with Crippen molar-refractivity contribution in [2.24, 2.45) is 0 Å². The summed E-state index contributed by atoms with van der Waals surface area (Å²) in [5.74, 6) is 0.643. The van der Waals surface area contributed by atoms with Crippen molar-refractivity contribution >= 4 is 15.5 Å². The van der Waals surface area contributed by atoms with Crippen LogP contribution in [0.1, 0.15) is 26.3 Å². The smallest absolute Gasteiger partial charge is 0.158 e. The Morgan fingerprint density at radius 2 is 1.89 bits per heavy atom. The maximum absolute atomic E-state index is 11.9. The lowest BCUT2D eigenvalue weighted by atomic mass is 10.2. The summed E-state index contributed by atoms with van der Waals surface area (Å²) in [6, 6.07) is 5.36. The zero-order chi connectivity index (χ0) is 14.0. The van der Waals surface area contributed by atoms with Crippen molar-refractivity contribution in [2.45, 2.75) is 32.4 Å². The number of nitrogens with two attached hydrogens (primary N) is 1. The van der Waals surface area contributed by atoms with E-state index in [4.69, 9.17) is 10.5 Å². The monoisotopic (exact) mass is 271 g/mol. The molecular formula is C13H21NO3S. The minimum atomic E-state index is -3.15. The molecular weight excluding hydrogens is 250 g/mol. The van der Waals surface area contributed by atoms with Gasteiger partial charge >= 0.3 is 0 Å². The van der Waals surface area contributed by atoms with Crippen molar-refractivity contribution in [1.29, 1.82) is 0 Å². The van der Waals surface area contributed by atoms with E-state index in [1.54, 1.807) is 39.0 Å². The Hall–Kier alpha value is -1.23. The van der Waals surface area contributed by atoms with Gasteiger partial charge in [0.05, 0.1) is 10.5 Å². The lowest BCUT2D eigenvalue weighted by Gasteiger charge is -2.19. The predicted octanol–water partition coefficient (Wildman–Crippen LogP) is 2.17. The fourth-order valence-corrected chi connectivity index (χ4v) is 2.27. The van der Waals surface area contributed by atoms with Gasteiger partial charge in [-0.1, -0.05) is 6.07 Å². The Bertz CT molecular complexity index is 516. The van der Waals surface area contributed by atoms with Crippen LogP contribution in [0.2, 0.25) is 0 Å². The normalized spacial score (nSPS) is 12.4. The molecule has 0 aliphatic rings. The number of benzene rings is 1. The Balaban J connectivity index is 2.66. The number of hydrogen-bond donors (Lipinski definition) is 1. The molecule has 0 unspecified atom stereocenters. The molecule has 1 aromatic rings. The van der Waals surface area contributed by atoms with Crippen LogP contribution < -0.4 is 10.5 Å². The summed E-state index contributed by atoms with van der Waals surface area (Å²) in [5, 5.41) is 0. The maximum Gasteiger partial charge on any atom is 0.158 e. The first kappa shape index (κ1) is 14.8. The van der Waals surface area contributed by atoms with Gasteiger partial charge < -0.3 is 10.5 Å². The van der Waals surface area contributed by atoms with Crippen LogP contribution >= 0.6 is 0 Å². The van der Waals surface area contributed by atoms with Crippen LogP contribution in [-0.4, -0.2) is 25.5 Å². The molecule has 0 aliphatic heterocycles. The van der Waals surface area contributed by atoms with E-state index < -0.39 is 14.6 Å². The Morgan fingerprint density at radius 1 is 1.28 bits per heavy atom. The van der Waals surface area contributed by atoms with E-state index >= 15 is 0 Å². The lowest BCUT2D eigenvalue weighted by Crippen LogP contribution is -2.32. The second-order valence-corrected chi connectivity index (χ2v) is 8.11. The molecule has 18 heavy (non-hydrogen) atoms. The molecule has 0 amide bonds. The molecule has 4 nitrogen and oxygen atoms in total. The number of ether oxygens (including phenoxy) is 1. The third kappa shape index (κ3) is 3.38. The van der Waals surface area contributed by atoms with E-state index in [2.05, 4.69) is 0 Å². The van der Waals surface area contributed by atoms with Crippen molar-refractivity contribution < 1.29 is 13.2 Å². The van der Waals surface area contributed by atoms with Crippen LogP contribution in [0.25, 0.3) is 0 Å². The molecule has 5 heteroatoms. The van der Waals surface area contributed by atoms with Crippen molar-refractivity contribution in [3.63, 3.8) is 0 Å². The first-order valence-electron chi connectivity index (χ1n) is 5.85. The number of sulfone groups is 1. The van der Waals surface area contributed by atoms with Gasteiger partial charge in [-0.15, -0.1) is 0 Å². The van der Waals surface area contributed by atoms with Crippen LogP contribution in [0, 0.1) is 6.92 Å². The van der Waals surface area contributed by atoms with Gasteiger partial charge in [-0.2, -0.15) is 0 Å². The van der Waals surface area contributed by atoms with Gasteiger partial charge in [0, 0.05) is 11.3 Å². The summed E-state index contributed by atoms with van der Waals surface area (Å²) in [6.45, 7) is 7.06. The standard InChI is InChI=1S/C13H21NO3S/c1-10-11(14)6-5-7-12(10)17-8-9-18(15,16)13(2,3)4/h5-7H,8-9,14H2,1-4H3.